The number of hydrogen-bond acceptors (Lipinski definition) is 5. The van der Waals surface area contributed by atoms with Crippen LogP contribution in [0.25, 0.3) is 0 Å². The summed E-state index contributed by atoms with van der Waals surface area (Å²) < 4.78 is 21.4. The van der Waals surface area contributed by atoms with Gasteiger partial charge in [-0.05, 0) is 31.6 Å². The quantitative estimate of drug-likeness (QED) is 0.509. The SMILES string of the molecule is CC(C)(C)SS(=O)(=O)CN=O. The summed E-state index contributed by atoms with van der Waals surface area (Å²) >= 11 is 0. The first-order valence-corrected chi connectivity index (χ1v) is 5.98. The Morgan fingerprint density at radius 1 is 1.36 bits per heavy atom. The minimum Gasteiger partial charge on any atom is -0.215 e. The van der Waals surface area contributed by atoms with E-state index in [1.54, 1.807) is 20.8 Å². The maximum absolute atomic E-state index is 10.9. The number of nitrogens with zero attached hydrogens (tertiary/aromatic N) is 1. The fraction of sp³-hybridized carbons (Fsp3) is 1.00. The van der Waals surface area contributed by atoms with Crippen LogP contribution in [0.1, 0.15) is 20.8 Å². The molecular formula is C5H11NO3S2. The van der Waals surface area contributed by atoms with E-state index in [0.717, 1.165) is 10.8 Å². The summed E-state index contributed by atoms with van der Waals surface area (Å²) in [7, 11) is -2.59. The minimum absolute atomic E-state index is 0.385. The van der Waals surface area contributed by atoms with Crippen LogP contribution in [0.15, 0.2) is 5.18 Å². The summed E-state index contributed by atoms with van der Waals surface area (Å²) in [4.78, 5) is 9.66. The molecule has 11 heavy (non-hydrogen) atoms. The Morgan fingerprint density at radius 2 is 1.82 bits per heavy atom. The molecule has 0 aromatic carbocycles. The molecule has 0 amide bonds. The zero-order valence-electron chi connectivity index (χ0n) is 6.70. The van der Waals surface area contributed by atoms with Gasteiger partial charge in [0.15, 0.2) is 5.88 Å². The molecule has 0 spiro atoms. The number of nitroso groups, excluding NO2 is 1. The largest absolute Gasteiger partial charge is 0.225 e. The van der Waals surface area contributed by atoms with Crippen molar-refractivity contribution in [3.8, 4) is 0 Å². The third kappa shape index (κ3) is 6.30. The molecule has 0 unspecified atom stereocenters. The zero-order chi connectivity index (χ0) is 9.12. The molecule has 0 heterocycles. The van der Waals surface area contributed by atoms with Gasteiger partial charge in [-0.15, -0.1) is 4.91 Å². The second kappa shape index (κ2) is 3.53. The molecular weight excluding hydrogens is 186 g/mol. The molecule has 0 saturated carbocycles. The third-order valence-corrected chi connectivity index (χ3v) is 4.34. The van der Waals surface area contributed by atoms with Crippen LogP contribution in [0.3, 0.4) is 0 Å². The van der Waals surface area contributed by atoms with Crippen molar-refractivity contribution in [3.05, 3.63) is 4.91 Å². The van der Waals surface area contributed by atoms with Gasteiger partial charge in [-0.2, -0.15) is 0 Å². The maximum atomic E-state index is 10.9. The highest BCUT2D eigenvalue weighted by molar-refractivity contribution is 8.72. The molecule has 0 N–H and O–H groups in total. The van der Waals surface area contributed by atoms with Crippen molar-refractivity contribution in [1.82, 2.24) is 0 Å². The van der Waals surface area contributed by atoms with Crippen molar-refractivity contribution >= 4 is 19.7 Å². The monoisotopic (exact) mass is 197 g/mol. The predicted octanol–water partition coefficient (Wildman–Crippen LogP) is 1.57. The number of hydrogen-bond donors (Lipinski definition) is 0. The van der Waals surface area contributed by atoms with Crippen molar-refractivity contribution in [2.24, 2.45) is 5.18 Å². The summed E-state index contributed by atoms with van der Waals surface area (Å²) in [5, 5.41) is 2.33. The van der Waals surface area contributed by atoms with E-state index >= 15 is 0 Å². The summed E-state index contributed by atoms with van der Waals surface area (Å²) in [6.07, 6.45) is 0. The first-order valence-electron chi connectivity index (χ1n) is 2.99. The van der Waals surface area contributed by atoms with E-state index < -0.39 is 14.7 Å². The lowest BCUT2D eigenvalue weighted by Gasteiger charge is -2.15. The van der Waals surface area contributed by atoms with Crippen molar-refractivity contribution in [2.45, 2.75) is 25.5 Å². The number of rotatable bonds is 3. The van der Waals surface area contributed by atoms with E-state index in [9.17, 15) is 13.3 Å². The van der Waals surface area contributed by atoms with Crippen LogP contribution in [-0.4, -0.2) is 19.0 Å². The van der Waals surface area contributed by atoms with Gasteiger partial charge in [0.05, 0.1) is 0 Å². The highest BCUT2D eigenvalue weighted by Crippen LogP contribution is 2.29. The van der Waals surface area contributed by atoms with Gasteiger partial charge in [0.25, 0.3) is 0 Å². The summed E-state index contributed by atoms with van der Waals surface area (Å²) in [6.45, 7) is 5.29. The Morgan fingerprint density at radius 3 is 2.09 bits per heavy atom. The average molecular weight is 197 g/mol. The van der Waals surface area contributed by atoms with Crippen molar-refractivity contribution in [3.63, 3.8) is 0 Å². The molecule has 0 aliphatic heterocycles. The van der Waals surface area contributed by atoms with Crippen LogP contribution in [0.5, 0.6) is 0 Å². The van der Waals surface area contributed by atoms with Crippen molar-refractivity contribution in [2.75, 3.05) is 5.88 Å². The molecule has 0 saturated heterocycles. The molecule has 0 fully saturated rings. The molecule has 66 valence electrons. The van der Waals surface area contributed by atoms with Gasteiger partial charge in [-0.3, -0.25) is 0 Å². The van der Waals surface area contributed by atoms with E-state index in [0.29, 0.717) is 0 Å². The lowest BCUT2D eigenvalue weighted by molar-refractivity contribution is 0.610. The lowest BCUT2D eigenvalue weighted by Crippen LogP contribution is -2.13. The van der Waals surface area contributed by atoms with Crippen LogP contribution >= 0.6 is 10.8 Å². The van der Waals surface area contributed by atoms with Crippen LogP contribution < -0.4 is 0 Å². The van der Waals surface area contributed by atoms with E-state index in [1.165, 1.54) is 0 Å². The Balaban J connectivity index is 4.26. The van der Waals surface area contributed by atoms with Crippen LogP contribution in [0.4, 0.5) is 0 Å². The van der Waals surface area contributed by atoms with Crippen LogP contribution in [0.2, 0.25) is 0 Å². The Bertz CT molecular complexity index is 227. The fourth-order valence-electron chi connectivity index (χ4n) is 0.472. The van der Waals surface area contributed by atoms with E-state index in [-0.39, 0.29) is 4.75 Å². The third-order valence-electron chi connectivity index (χ3n) is 0.588. The molecule has 0 bridgehead atoms. The highest BCUT2D eigenvalue weighted by Gasteiger charge is 2.22. The van der Waals surface area contributed by atoms with Crippen molar-refractivity contribution < 1.29 is 8.42 Å². The van der Waals surface area contributed by atoms with E-state index in [2.05, 4.69) is 5.18 Å². The fourth-order valence-corrected chi connectivity index (χ4v) is 3.99. The summed E-state index contributed by atoms with van der Waals surface area (Å²) in [5.74, 6) is -0.644. The second-order valence-corrected chi connectivity index (χ2v) is 7.80. The standard InChI is InChI=1S/C5H11NO3S2/c1-5(2,3)10-11(8,9)4-6-7/h4H2,1-3H3. The Hall–Kier alpha value is -0.100. The van der Waals surface area contributed by atoms with E-state index in [1.807, 2.05) is 0 Å². The van der Waals surface area contributed by atoms with Crippen molar-refractivity contribution in [1.29, 1.82) is 0 Å². The zero-order valence-corrected chi connectivity index (χ0v) is 8.33. The lowest BCUT2D eigenvalue weighted by atomic mass is 10.3. The van der Waals surface area contributed by atoms with E-state index in [4.69, 9.17) is 0 Å². The average Bonchev–Trinajstić information content (AvgIpc) is 1.55. The van der Waals surface area contributed by atoms with Gasteiger partial charge in [0, 0.05) is 4.75 Å². The molecule has 6 heteroatoms. The molecule has 0 rings (SSSR count). The smallest absolute Gasteiger partial charge is 0.215 e. The topological polar surface area (TPSA) is 63.6 Å². The molecule has 0 aromatic rings. The first kappa shape index (κ1) is 10.9. The van der Waals surface area contributed by atoms with Gasteiger partial charge < -0.3 is 0 Å². The van der Waals surface area contributed by atoms with Gasteiger partial charge >= 0.3 is 0 Å². The minimum atomic E-state index is -3.35. The molecule has 0 aromatic heterocycles. The van der Waals surface area contributed by atoms with Gasteiger partial charge in [-0.25, -0.2) is 8.42 Å². The molecule has 4 nitrogen and oxygen atoms in total. The summed E-state index contributed by atoms with van der Waals surface area (Å²) in [5.41, 5.74) is 0. The molecule has 0 aliphatic carbocycles. The van der Waals surface area contributed by atoms with Gasteiger partial charge in [-0.1, -0.05) is 5.18 Å². The first-order chi connectivity index (χ1) is 4.77. The normalized spacial score (nSPS) is 13.0. The van der Waals surface area contributed by atoms with Gasteiger partial charge in [0.1, 0.15) is 0 Å². The Kier molecular flexibility index (Phi) is 3.50. The molecule has 0 aliphatic rings. The van der Waals surface area contributed by atoms with Crippen LogP contribution in [-0.2, 0) is 8.87 Å². The summed E-state index contributed by atoms with van der Waals surface area (Å²) in [6, 6.07) is 0. The highest BCUT2D eigenvalue weighted by atomic mass is 33.1. The second-order valence-electron chi connectivity index (χ2n) is 3.01. The maximum Gasteiger partial charge on any atom is 0.225 e. The molecule has 0 atom stereocenters. The predicted molar refractivity (Wildman–Crippen MR) is 46.9 cm³/mol. The molecule has 0 radical (unpaired) electrons. The Labute approximate surface area is 70.0 Å². The van der Waals surface area contributed by atoms with Crippen LogP contribution in [0, 0.1) is 4.91 Å². The van der Waals surface area contributed by atoms with Gasteiger partial charge in [0.2, 0.25) is 8.87 Å².